The Kier molecular flexibility index (Phi) is 5.10. The highest BCUT2D eigenvalue weighted by atomic mass is 32.1. The van der Waals surface area contributed by atoms with Crippen molar-refractivity contribution in [3.05, 3.63) is 46.0 Å². The van der Waals surface area contributed by atoms with E-state index in [1.165, 1.54) is 0 Å². The lowest BCUT2D eigenvalue weighted by Gasteiger charge is -2.29. The molecule has 1 unspecified atom stereocenters. The van der Waals surface area contributed by atoms with Gasteiger partial charge in [0.1, 0.15) is 6.04 Å². The van der Waals surface area contributed by atoms with Crippen LogP contribution in [0.5, 0.6) is 0 Å². The molecule has 28 heavy (non-hydrogen) atoms. The van der Waals surface area contributed by atoms with Gasteiger partial charge in [0.25, 0.3) is 5.91 Å². The number of piperidine rings is 1. The number of anilines is 1. The first-order valence-corrected chi connectivity index (χ1v) is 10.1. The second-order valence-electron chi connectivity index (χ2n) is 6.93. The summed E-state index contributed by atoms with van der Waals surface area (Å²) in [6, 6.07) is 5.12. The topological polar surface area (TPSA) is 117 Å². The summed E-state index contributed by atoms with van der Waals surface area (Å²) in [6.07, 6.45) is 1.38. The Labute approximate surface area is 166 Å². The van der Waals surface area contributed by atoms with Gasteiger partial charge in [-0.1, -0.05) is 12.1 Å². The van der Waals surface area contributed by atoms with Crippen LogP contribution >= 0.6 is 11.3 Å². The van der Waals surface area contributed by atoms with Crippen LogP contribution in [0.4, 0.5) is 5.13 Å². The Bertz CT molecular complexity index is 941. The lowest BCUT2D eigenvalue weighted by atomic mass is 10.0. The molecule has 4 rings (SSSR count). The predicted octanol–water partition coefficient (Wildman–Crippen LogP) is 1.02. The lowest BCUT2D eigenvalue weighted by molar-refractivity contribution is -0.136. The quantitative estimate of drug-likeness (QED) is 0.624. The fourth-order valence-corrected chi connectivity index (χ4v) is 4.31. The van der Waals surface area contributed by atoms with Crippen LogP contribution in [0.3, 0.4) is 0 Å². The van der Waals surface area contributed by atoms with Crippen molar-refractivity contribution in [2.45, 2.75) is 38.4 Å². The highest BCUT2D eigenvalue weighted by Crippen LogP contribution is 2.28. The molecule has 2 aromatic rings. The molecule has 2 aliphatic heterocycles. The molecule has 0 radical (unpaired) electrons. The standard InChI is InChI=1S/C19H21N5O3S/c20-6-5-13-10-28-19(22-13)21-8-11-1-2-14-12(7-11)9-24(18(14)27)15-3-4-16(25)23-17(15)26/h1-2,7,10,15H,3-6,8-9,20H2,(H,21,22)(H,23,25,26). The van der Waals surface area contributed by atoms with Gasteiger partial charge in [0.2, 0.25) is 11.8 Å². The maximum atomic E-state index is 12.7. The third-order valence-corrected chi connectivity index (χ3v) is 5.83. The summed E-state index contributed by atoms with van der Waals surface area (Å²) >= 11 is 1.54. The molecule has 146 valence electrons. The van der Waals surface area contributed by atoms with Crippen LogP contribution in [-0.4, -0.2) is 40.2 Å². The molecule has 8 nitrogen and oxygen atoms in total. The van der Waals surface area contributed by atoms with E-state index in [9.17, 15) is 14.4 Å². The molecular weight excluding hydrogens is 378 g/mol. The molecule has 1 aromatic heterocycles. The van der Waals surface area contributed by atoms with E-state index < -0.39 is 11.9 Å². The van der Waals surface area contributed by atoms with E-state index in [0.717, 1.165) is 28.4 Å². The van der Waals surface area contributed by atoms with Gasteiger partial charge in [0.15, 0.2) is 5.13 Å². The molecule has 2 aliphatic rings. The molecule has 1 fully saturated rings. The highest BCUT2D eigenvalue weighted by molar-refractivity contribution is 7.13. The van der Waals surface area contributed by atoms with Crippen LogP contribution in [0.1, 0.15) is 40.0 Å². The van der Waals surface area contributed by atoms with Crippen molar-refractivity contribution in [1.29, 1.82) is 0 Å². The van der Waals surface area contributed by atoms with Crippen LogP contribution in [0.2, 0.25) is 0 Å². The molecule has 0 bridgehead atoms. The van der Waals surface area contributed by atoms with Gasteiger partial charge in [-0.25, -0.2) is 4.98 Å². The van der Waals surface area contributed by atoms with Crippen molar-refractivity contribution in [2.75, 3.05) is 11.9 Å². The number of carbonyl (C=O) groups is 3. The van der Waals surface area contributed by atoms with Gasteiger partial charge in [0.05, 0.1) is 5.69 Å². The number of aromatic nitrogens is 1. The molecule has 0 saturated carbocycles. The molecule has 1 atom stereocenters. The molecule has 3 heterocycles. The number of benzene rings is 1. The van der Waals surface area contributed by atoms with Crippen molar-refractivity contribution in [1.82, 2.24) is 15.2 Å². The van der Waals surface area contributed by atoms with Gasteiger partial charge in [-0.05, 0) is 30.2 Å². The van der Waals surface area contributed by atoms with Crippen LogP contribution in [-0.2, 0) is 29.1 Å². The number of carbonyl (C=O) groups excluding carboxylic acids is 3. The van der Waals surface area contributed by atoms with Gasteiger partial charge in [-0.3, -0.25) is 19.7 Å². The number of hydrogen-bond donors (Lipinski definition) is 3. The van der Waals surface area contributed by atoms with Crippen LogP contribution in [0, 0.1) is 0 Å². The lowest BCUT2D eigenvalue weighted by Crippen LogP contribution is -2.52. The summed E-state index contributed by atoms with van der Waals surface area (Å²) in [6.45, 7) is 1.55. The number of nitrogens with zero attached hydrogens (tertiary/aromatic N) is 2. The Hall–Kier alpha value is -2.78. The zero-order valence-corrected chi connectivity index (χ0v) is 16.1. The van der Waals surface area contributed by atoms with Crippen molar-refractivity contribution >= 4 is 34.2 Å². The second kappa shape index (κ2) is 7.69. The molecule has 9 heteroatoms. The summed E-state index contributed by atoms with van der Waals surface area (Å²) in [4.78, 5) is 42.2. The molecule has 0 spiro atoms. The van der Waals surface area contributed by atoms with Gasteiger partial charge in [0, 0.05) is 36.9 Å². The smallest absolute Gasteiger partial charge is 0.255 e. The number of amides is 3. The highest BCUT2D eigenvalue weighted by Gasteiger charge is 2.38. The minimum absolute atomic E-state index is 0.157. The molecule has 0 aliphatic carbocycles. The number of imide groups is 1. The third-order valence-electron chi connectivity index (χ3n) is 4.98. The maximum Gasteiger partial charge on any atom is 0.255 e. The van der Waals surface area contributed by atoms with Crippen molar-refractivity contribution in [3.63, 3.8) is 0 Å². The van der Waals surface area contributed by atoms with Gasteiger partial charge >= 0.3 is 0 Å². The summed E-state index contributed by atoms with van der Waals surface area (Å²) in [5.41, 5.74) is 9.08. The SMILES string of the molecule is NCCc1csc(NCc2ccc3c(c2)CN(C2CCC(=O)NC2=O)C3=O)n1. The summed E-state index contributed by atoms with van der Waals surface area (Å²) < 4.78 is 0. The molecular formula is C19H21N5O3S. The fourth-order valence-electron chi connectivity index (χ4n) is 3.57. The van der Waals surface area contributed by atoms with Crippen molar-refractivity contribution in [2.24, 2.45) is 5.73 Å². The molecule has 3 amide bonds. The summed E-state index contributed by atoms with van der Waals surface area (Å²) in [5, 5.41) is 8.45. The predicted molar refractivity (Wildman–Crippen MR) is 105 cm³/mol. The maximum absolute atomic E-state index is 12.7. The van der Waals surface area contributed by atoms with E-state index in [-0.39, 0.29) is 18.2 Å². The Morgan fingerprint density at radius 3 is 2.96 bits per heavy atom. The number of fused-ring (bicyclic) bond motifs is 1. The average molecular weight is 399 g/mol. The largest absolute Gasteiger partial charge is 0.357 e. The van der Waals surface area contributed by atoms with Crippen molar-refractivity contribution < 1.29 is 14.4 Å². The minimum atomic E-state index is -0.588. The first-order chi connectivity index (χ1) is 13.5. The van der Waals surface area contributed by atoms with Crippen LogP contribution in [0.15, 0.2) is 23.6 Å². The van der Waals surface area contributed by atoms with Gasteiger partial charge < -0.3 is 16.0 Å². The second-order valence-corrected chi connectivity index (χ2v) is 7.79. The normalized spacial score (nSPS) is 19.0. The fraction of sp³-hybridized carbons (Fsp3) is 0.368. The van der Waals surface area contributed by atoms with Crippen molar-refractivity contribution in [3.8, 4) is 0 Å². The van der Waals surface area contributed by atoms with E-state index in [0.29, 0.717) is 31.6 Å². The molecule has 1 saturated heterocycles. The van der Waals surface area contributed by atoms with Gasteiger partial charge in [-0.15, -0.1) is 11.3 Å². The minimum Gasteiger partial charge on any atom is -0.357 e. The Morgan fingerprint density at radius 1 is 1.32 bits per heavy atom. The Morgan fingerprint density at radius 2 is 2.18 bits per heavy atom. The number of nitrogens with one attached hydrogen (secondary N) is 2. The van der Waals surface area contributed by atoms with Gasteiger partial charge in [-0.2, -0.15) is 0 Å². The first-order valence-electron chi connectivity index (χ1n) is 9.20. The van der Waals surface area contributed by atoms with E-state index >= 15 is 0 Å². The molecule has 4 N–H and O–H groups in total. The third kappa shape index (κ3) is 3.63. The summed E-state index contributed by atoms with van der Waals surface area (Å²) in [7, 11) is 0. The number of rotatable bonds is 6. The first kappa shape index (κ1) is 18.6. The average Bonchev–Trinajstić information content (AvgIpc) is 3.25. The molecule has 1 aromatic carbocycles. The van der Waals surface area contributed by atoms with Crippen LogP contribution in [0.25, 0.3) is 0 Å². The zero-order valence-electron chi connectivity index (χ0n) is 15.2. The zero-order chi connectivity index (χ0) is 19.7. The van der Waals surface area contributed by atoms with E-state index in [1.807, 2.05) is 23.6 Å². The number of thiazole rings is 1. The van der Waals surface area contributed by atoms with E-state index in [2.05, 4.69) is 15.6 Å². The van der Waals surface area contributed by atoms with E-state index in [1.54, 1.807) is 16.2 Å². The summed E-state index contributed by atoms with van der Waals surface area (Å²) in [5.74, 6) is -0.831. The number of nitrogens with two attached hydrogens (primary N) is 1. The van der Waals surface area contributed by atoms with E-state index in [4.69, 9.17) is 5.73 Å². The monoisotopic (exact) mass is 399 g/mol. The van der Waals surface area contributed by atoms with Crippen LogP contribution < -0.4 is 16.4 Å². The number of hydrogen-bond acceptors (Lipinski definition) is 7. The Balaban J connectivity index is 1.43.